The van der Waals surface area contributed by atoms with Crippen molar-refractivity contribution in [2.24, 2.45) is 41.4 Å². The molecule has 7 atom stereocenters. The Morgan fingerprint density at radius 1 is 1.18 bits per heavy atom. The largest absolute Gasteiger partial charge is 0.480 e. The summed E-state index contributed by atoms with van der Waals surface area (Å²) in [6.45, 7) is 3.82. The molecule has 1 heterocycles. The predicted octanol–water partition coefficient (Wildman–Crippen LogP) is 1.54. The number of rotatable bonds is 4. The van der Waals surface area contributed by atoms with Crippen LogP contribution in [-0.4, -0.2) is 33.8 Å². The second-order valence-electron chi connectivity index (χ2n) is 7.68. The van der Waals surface area contributed by atoms with Crippen LogP contribution in [0.2, 0.25) is 0 Å². The first-order valence-corrected chi connectivity index (χ1v) is 8.20. The second-order valence-corrected chi connectivity index (χ2v) is 7.68. The topological polar surface area (TPSA) is 74.7 Å². The summed E-state index contributed by atoms with van der Waals surface area (Å²) in [6, 6.07) is -1.01. The molecule has 1 N–H and O–H groups in total. The number of aliphatic carboxylic acids is 1. The number of nitrogens with zero attached hydrogens (tertiary/aromatic N) is 1. The predicted molar refractivity (Wildman–Crippen MR) is 77.4 cm³/mol. The highest BCUT2D eigenvalue weighted by Gasteiger charge is 2.67. The Morgan fingerprint density at radius 3 is 2.09 bits per heavy atom. The molecule has 0 unspecified atom stereocenters. The Bertz CT molecular complexity index is 559. The van der Waals surface area contributed by atoms with E-state index in [4.69, 9.17) is 0 Å². The molecule has 2 saturated carbocycles. The highest BCUT2D eigenvalue weighted by atomic mass is 16.4. The van der Waals surface area contributed by atoms with Crippen molar-refractivity contribution in [3.8, 4) is 0 Å². The van der Waals surface area contributed by atoms with E-state index in [-0.39, 0.29) is 41.4 Å². The van der Waals surface area contributed by atoms with Crippen molar-refractivity contribution >= 4 is 17.8 Å². The molecule has 0 aromatic rings. The summed E-state index contributed by atoms with van der Waals surface area (Å²) in [4.78, 5) is 38.4. The molecule has 2 bridgehead atoms. The Morgan fingerprint density at radius 2 is 1.68 bits per heavy atom. The van der Waals surface area contributed by atoms with Gasteiger partial charge in [0.2, 0.25) is 11.8 Å². The van der Waals surface area contributed by atoms with Gasteiger partial charge in [-0.2, -0.15) is 0 Å². The number of allylic oxidation sites excluding steroid dienone is 2. The summed E-state index contributed by atoms with van der Waals surface area (Å²) in [5.41, 5.74) is 0. The van der Waals surface area contributed by atoms with Crippen LogP contribution in [0.1, 0.15) is 26.7 Å². The van der Waals surface area contributed by atoms with Gasteiger partial charge in [0, 0.05) is 0 Å². The summed E-state index contributed by atoms with van der Waals surface area (Å²) >= 11 is 0. The Hall–Kier alpha value is -1.65. The van der Waals surface area contributed by atoms with Gasteiger partial charge in [-0.25, -0.2) is 4.79 Å². The van der Waals surface area contributed by atoms with E-state index in [1.807, 2.05) is 13.8 Å². The quantitative estimate of drug-likeness (QED) is 0.631. The zero-order valence-corrected chi connectivity index (χ0v) is 12.8. The molecule has 0 spiro atoms. The second kappa shape index (κ2) is 4.43. The zero-order chi connectivity index (χ0) is 15.8. The van der Waals surface area contributed by atoms with Crippen LogP contribution in [0.3, 0.4) is 0 Å². The van der Waals surface area contributed by atoms with Crippen LogP contribution in [0.25, 0.3) is 0 Å². The van der Waals surface area contributed by atoms with E-state index < -0.39 is 12.0 Å². The van der Waals surface area contributed by atoms with E-state index in [0.717, 1.165) is 11.3 Å². The first-order chi connectivity index (χ1) is 10.4. The van der Waals surface area contributed by atoms with Crippen molar-refractivity contribution < 1.29 is 19.5 Å². The maximum atomic E-state index is 12.8. The molecule has 5 rings (SSSR count). The standard InChI is InChI=1S/C17H21NO4/c1-7(2)5-12(17(21)22)18-15(19)13-8-3-4-9(11-6-10(8)11)14(13)16(18)20/h3-4,7-14H,5-6H2,1-2H3,(H,21,22)/t8-,9+,10-,11+,12-,13+,14-/m0/s1. The van der Waals surface area contributed by atoms with Crippen LogP contribution < -0.4 is 0 Å². The fourth-order valence-electron chi connectivity index (χ4n) is 5.05. The molecule has 2 amide bonds. The van der Waals surface area contributed by atoms with E-state index >= 15 is 0 Å². The molecule has 5 nitrogen and oxygen atoms in total. The molecule has 0 aromatic carbocycles. The maximum Gasteiger partial charge on any atom is 0.326 e. The minimum absolute atomic E-state index is 0.118. The maximum absolute atomic E-state index is 12.8. The van der Waals surface area contributed by atoms with Crippen molar-refractivity contribution in [2.45, 2.75) is 32.7 Å². The van der Waals surface area contributed by atoms with Gasteiger partial charge in [-0.05, 0) is 42.4 Å². The number of hydrogen-bond acceptors (Lipinski definition) is 3. The van der Waals surface area contributed by atoms with Gasteiger partial charge >= 0.3 is 5.97 Å². The van der Waals surface area contributed by atoms with Gasteiger partial charge in [0.05, 0.1) is 11.8 Å². The van der Waals surface area contributed by atoms with Crippen LogP contribution in [0, 0.1) is 41.4 Å². The van der Waals surface area contributed by atoms with E-state index in [0.29, 0.717) is 18.3 Å². The number of hydrogen-bond donors (Lipinski definition) is 1. The summed E-state index contributed by atoms with van der Waals surface area (Å²) in [5, 5.41) is 9.50. The fourth-order valence-corrected chi connectivity index (χ4v) is 5.05. The van der Waals surface area contributed by atoms with Crippen LogP contribution in [0.15, 0.2) is 12.2 Å². The number of carbonyl (C=O) groups excluding carboxylic acids is 2. The Balaban J connectivity index is 1.68. The van der Waals surface area contributed by atoms with Crippen molar-refractivity contribution in [1.29, 1.82) is 0 Å². The van der Waals surface area contributed by atoms with Gasteiger partial charge in [-0.1, -0.05) is 26.0 Å². The molecule has 22 heavy (non-hydrogen) atoms. The Labute approximate surface area is 129 Å². The summed E-state index contributed by atoms with van der Waals surface area (Å²) in [5.74, 6) is -0.666. The lowest BCUT2D eigenvalue weighted by atomic mass is 9.63. The smallest absolute Gasteiger partial charge is 0.326 e. The van der Waals surface area contributed by atoms with Crippen molar-refractivity contribution in [2.75, 3.05) is 0 Å². The molecule has 3 fully saturated rings. The lowest BCUT2D eigenvalue weighted by Crippen LogP contribution is -2.46. The van der Waals surface area contributed by atoms with Crippen molar-refractivity contribution in [3.63, 3.8) is 0 Å². The van der Waals surface area contributed by atoms with Gasteiger partial charge in [-0.3, -0.25) is 14.5 Å². The lowest BCUT2D eigenvalue weighted by Gasteiger charge is -2.37. The molecule has 0 radical (unpaired) electrons. The average Bonchev–Trinajstić information content (AvgIpc) is 3.22. The van der Waals surface area contributed by atoms with E-state index in [9.17, 15) is 19.5 Å². The normalized spacial score (nSPS) is 42.6. The van der Waals surface area contributed by atoms with Gasteiger partial charge < -0.3 is 5.11 Å². The van der Waals surface area contributed by atoms with Gasteiger partial charge in [-0.15, -0.1) is 0 Å². The third-order valence-electron chi connectivity index (χ3n) is 5.99. The summed E-state index contributed by atoms with van der Waals surface area (Å²) in [7, 11) is 0. The highest BCUT2D eigenvalue weighted by Crippen LogP contribution is 2.65. The third kappa shape index (κ3) is 1.68. The monoisotopic (exact) mass is 303 g/mol. The van der Waals surface area contributed by atoms with Crippen LogP contribution >= 0.6 is 0 Å². The molecule has 1 saturated heterocycles. The van der Waals surface area contributed by atoms with E-state index in [1.165, 1.54) is 0 Å². The van der Waals surface area contributed by atoms with E-state index in [1.54, 1.807) is 0 Å². The Kier molecular flexibility index (Phi) is 2.81. The summed E-state index contributed by atoms with van der Waals surface area (Å²) < 4.78 is 0. The highest BCUT2D eigenvalue weighted by molar-refractivity contribution is 6.08. The summed E-state index contributed by atoms with van der Waals surface area (Å²) in [6.07, 6.45) is 5.64. The lowest BCUT2D eigenvalue weighted by molar-refractivity contribution is -0.155. The van der Waals surface area contributed by atoms with Crippen LogP contribution in [0.5, 0.6) is 0 Å². The van der Waals surface area contributed by atoms with Gasteiger partial charge in [0.15, 0.2) is 0 Å². The number of amides is 2. The molecular formula is C17H21NO4. The fraction of sp³-hybridized carbons (Fsp3) is 0.706. The van der Waals surface area contributed by atoms with Gasteiger partial charge in [0.1, 0.15) is 6.04 Å². The molecule has 5 heteroatoms. The molecule has 118 valence electrons. The van der Waals surface area contributed by atoms with Crippen LogP contribution in [0.4, 0.5) is 0 Å². The number of carbonyl (C=O) groups is 3. The van der Waals surface area contributed by atoms with E-state index in [2.05, 4.69) is 12.2 Å². The van der Waals surface area contributed by atoms with Crippen molar-refractivity contribution in [3.05, 3.63) is 12.2 Å². The molecule has 1 aliphatic heterocycles. The van der Waals surface area contributed by atoms with Crippen LogP contribution in [-0.2, 0) is 14.4 Å². The van der Waals surface area contributed by atoms with Gasteiger partial charge in [0.25, 0.3) is 0 Å². The first-order valence-electron chi connectivity index (χ1n) is 8.20. The number of carboxylic acid groups (broad SMARTS) is 1. The molecule has 5 aliphatic rings. The number of carboxylic acids is 1. The average molecular weight is 303 g/mol. The minimum atomic E-state index is -1.07. The third-order valence-corrected chi connectivity index (χ3v) is 5.99. The molecular weight excluding hydrogens is 282 g/mol. The number of likely N-dealkylation sites (tertiary alicyclic amines) is 1. The van der Waals surface area contributed by atoms with Crippen molar-refractivity contribution in [1.82, 2.24) is 4.90 Å². The molecule has 4 aliphatic carbocycles. The number of imide groups is 1. The molecule has 0 aromatic heterocycles. The zero-order valence-electron chi connectivity index (χ0n) is 12.8. The first kappa shape index (κ1) is 14.0. The SMILES string of the molecule is CC(C)C[C@@H](C(=O)O)N1C(=O)[C@@H]2[C@H]3C=C[C@H]([C@H]4C[C@@H]34)[C@@H]2C1=O. The minimum Gasteiger partial charge on any atom is -0.480 e.